The summed E-state index contributed by atoms with van der Waals surface area (Å²) in [6.07, 6.45) is 5.89. The molecule has 0 aromatic carbocycles. The predicted molar refractivity (Wildman–Crippen MR) is 80.8 cm³/mol. The van der Waals surface area contributed by atoms with Crippen molar-refractivity contribution in [3.05, 3.63) is 10.6 Å². The lowest BCUT2D eigenvalue weighted by Crippen LogP contribution is -2.47. The smallest absolute Gasteiger partial charge is 0.0857 e. The molecule has 1 aromatic rings. The molecule has 112 valence electrons. The largest absolute Gasteiger partial charge is 0.375 e. The van der Waals surface area contributed by atoms with E-state index in [4.69, 9.17) is 10.5 Å². The maximum absolute atomic E-state index is 6.59. The van der Waals surface area contributed by atoms with E-state index in [2.05, 4.69) is 30.4 Å². The van der Waals surface area contributed by atoms with E-state index in [1.54, 1.807) is 0 Å². The molecule has 2 aliphatic rings. The summed E-state index contributed by atoms with van der Waals surface area (Å²) in [5.74, 6) is 0.507. The molecule has 20 heavy (non-hydrogen) atoms. The van der Waals surface area contributed by atoms with Gasteiger partial charge in [-0.1, -0.05) is 25.3 Å². The van der Waals surface area contributed by atoms with E-state index in [0.29, 0.717) is 5.92 Å². The zero-order chi connectivity index (χ0) is 14.4. The Labute approximate surface area is 125 Å². The second-order valence-corrected chi connectivity index (χ2v) is 8.19. The van der Waals surface area contributed by atoms with Gasteiger partial charge in [0.05, 0.1) is 16.2 Å². The van der Waals surface area contributed by atoms with Crippen LogP contribution in [0, 0.1) is 5.92 Å². The Morgan fingerprint density at radius 3 is 2.75 bits per heavy atom. The first-order valence-corrected chi connectivity index (χ1v) is 8.41. The number of hydrogen-bond acceptors (Lipinski definition) is 5. The van der Waals surface area contributed by atoms with Crippen LogP contribution in [0.1, 0.15) is 69.5 Å². The lowest BCUT2D eigenvalue weighted by Gasteiger charge is -2.48. The molecular weight excluding hydrogens is 270 g/mol. The van der Waals surface area contributed by atoms with Gasteiger partial charge in [-0.05, 0) is 49.6 Å². The van der Waals surface area contributed by atoms with Gasteiger partial charge >= 0.3 is 0 Å². The van der Waals surface area contributed by atoms with Gasteiger partial charge < -0.3 is 10.5 Å². The SMILES string of the molecule is CC(C)(C)c1nnsc1C(N)C1CCOC2(CCC2)C1. The molecular formula is C15H25N3OS. The van der Waals surface area contributed by atoms with Crippen molar-refractivity contribution in [1.82, 2.24) is 9.59 Å². The third-order valence-electron chi connectivity index (χ3n) is 4.83. The van der Waals surface area contributed by atoms with Crippen molar-refractivity contribution in [3.63, 3.8) is 0 Å². The molecule has 4 nitrogen and oxygen atoms in total. The van der Waals surface area contributed by atoms with Gasteiger partial charge in [0, 0.05) is 18.1 Å². The van der Waals surface area contributed by atoms with E-state index in [0.717, 1.165) is 25.1 Å². The third kappa shape index (κ3) is 2.51. The molecule has 1 spiro atoms. The molecule has 1 aliphatic heterocycles. The van der Waals surface area contributed by atoms with Gasteiger partial charge in [-0.25, -0.2) is 0 Å². The van der Waals surface area contributed by atoms with Gasteiger partial charge in [-0.3, -0.25) is 0 Å². The van der Waals surface area contributed by atoms with Crippen LogP contribution < -0.4 is 5.73 Å². The van der Waals surface area contributed by atoms with E-state index < -0.39 is 0 Å². The molecule has 3 rings (SSSR count). The molecule has 2 atom stereocenters. The van der Waals surface area contributed by atoms with Crippen LogP contribution >= 0.6 is 11.5 Å². The van der Waals surface area contributed by atoms with Crippen molar-refractivity contribution in [2.75, 3.05) is 6.61 Å². The topological polar surface area (TPSA) is 61.0 Å². The number of nitrogens with zero attached hydrogens (tertiary/aromatic N) is 2. The van der Waals surface area contributed by atoms with E-state index in [1.807, 2.05) is 0 Å². The molecule has 2 fully saturated rings. The molecule has 1 aliphatic carbocycles. The maximum atomic E-state index is 6.59. The maximum Gasteiger partial charge on any atom is 0.0857 e. The quantitative estimate of drug-likeness (QED) is 0.910. The Balaban J connectivity index is 1.79. The molecule has 2 unspecified atom stereocenters. The number of nitrogens with two attached hydrogens (primary N) is 1. The molecule has 0 radical (unpaired) electrons. The van der Waals surface area contributed by atoms with Crippen molar-refractivity contribution >= 4 is 11.5 Å². The minimum absolute atomic E-state index is 0.0132. The molecule has 2 heterocycles. The average Bonchev–Trinajstić information content (AvgIpc) is 2.85. The number of aromatic nitrogens is 2. The van der Waals surface area contributed by atoms with Crippen molar-refractivity contribution in [1.29, 1.82) is 0 Å². The highest BCUT2D eigenvalue weighted by Gasteiger charge is 2.44. The molecule has 0 bridgehead atoms. The zero-order valence-electron chi connectivity index (χ0n) is 12.7. The average molecular weight is 295 g/mol. The number of hydrogen-bond donors (Lipinski definition) is 1. The highest BCUT2D eigenvalue weighted by atomic mass is 32.1. The van der Waals surface area contributed by atoms with Gasteiger partial charge in [0.2, 0.25) is 0 Å². The van der Waals surface area contributed by atoms with Gasteiger partial charge in [-0.2, -0.15) is 0 Å². The van der Waals surface area contributed by atoms with Gasteiger partial charge in [0.1, 0.15) is 0 Å². The monoisotopic (exact) mass is 295 g/mol. The highest BCUT2D eigenvalue weighted by molar-refractivity contribution is 7.05. The zero-order valence-corrected chi connectivity index (χ0v) is 13.5. The van der Waals surface area contributed by atoms with Gasteiger partial charge in [0.15, 0.2) is 0 Å². The molecule has 5 heteroatoms. The minimum atomic E-state index is 0.0132. The molecule has 2 N–H and O–H groups in total. The van der Waals surface area contributed by atoms with Crippen molar-refractivity contribution in [3.8, 4) is 0 Å². The minimum Gasteiger partial charge on any atom is -0.375 e. The Bertz CT molecular complexity index is 476. The van der Waals surface area contributed by atoms with E-state index in [1.165, 1.54) is 35.7 Å². The lowest BCUT2D eigenvalue weighted by molar-refractivity contribution is -0.146. The molecule has 0 amide bonds. The summed E-state index contributed by atoms with van der Waals surface area (Å²) in [6.45, 7) is 7.39. The van der Waals surface area contributed by atoms with Crippen LogP contribution in [-0.2, 0) is 10.2 Å². The summed E-state index contributed by atoms with van der Waals surface area (Å²) >= 11 is 1.48. The fraction of sp³-hybridized carbons (Fsp3) is 0.867. The predicted octanol–water partition coefficient (Wildman–Crippen LogP) is 3.18. The summed E-state index contributed by atoms with van der Waals surface area (Å²) in [5, 5.41) is 4.33. The summed E-state index contributed by atoms with van der Waals surface area (Å²) in [4.78, 5) is 1.18. The van der Waals surface area contributed by atoms with Crippen LogP contribution in [0.3, 0.4) is 0 Å². The second-order valence-electron chi connectivity index (χ2n) is 7.40. The summed E-state index contributed by atoms with van der Waals surface area (Å²) in [6, 6.07) is 0.0607. The molecule has 1 saturated carbocycles. The Kier molecular flexibility index (Phi) is 3.63. The number of ether oxygens (including phenoxy) is 1. The highest BCUT2D eigenvalue weighted by Crippen LogP contribution is 2.47. The normalized spacial score (nSPS) is 27.3. The van der Waals surface area contributed by atoms with Gasteiger partial charge in [-0.15, -0.1) is 5.10 Å². The van der Waals surface area contributed by atoms with Crippen molar-refractivity contribution in [2.45, 2.75) is 69.9 Å². The Morgan fingerprint density at radius 2 is 2.15 bits per heavy atom. The van der Waals surface area contributed by atoms with Crippen LogP contribution in [0.15, 0.2) is 0 Å². The van der Waals surface area contributed by atoms with Crippen LogP contribution in [0.4, 0.5) is 0 Å². The first-order valence-electron chi connectivity index (χ1n) is 7.64. The van der Waals surface area contributed by atoms with Crippen LogP contribution in [0.25, 0.3) is 0 Å². The second kappa shape index (κ2) is 5.04. The summed E-state index contributed by atoms with van der Waals surface area (Å²) in [7, 11) is 0. The van der Waals surface area contributed by atoms with E-state index in [9.17, 15) is 0 Å². The first kappa shape index (κ1) is 14.4. The summed E-state index contributed by atoms with van der Waals surface area (Å²) in [5.41, 5.74) is 7.83. The fourth-order valence-electron chi connectivity index (χ4n) is 3.44. The van der Waals surface area contributed by atoms with Crippen molar-refractivity contribution < 1.29 is 4.74 Å². The Hall–Kier alpha value is -0.520. The molecule has 1 aromatic heterocycles. The lowest BCUT2D eigenvalue weighted by atomic mass is 9.70. The standard InChI is InChI=1S/C15H25N3OS/c1-14(2,3)13-12(20-18-17-13)11(16)10-5-8-19-15(9-10)6-4-7-15/h10-11H,4-9,16H2,1-3H3. The summed E-state index contributed by atoms with van der Waals surface area (Å²) < 4.78 is 10.2. The third-order valence-corrected chi connectivity index (χ3v) is 5.66. The van der Waals surface area contributed by atoms with Crippen LogP contribution in [-0.4, -0.2) is 21.8 Å². The first-order chi connectivity index (χ1) is 9.41. The number of rotatable bonds is 2. The molecule has 1 saturated heterocycles. The van der Waals surface area contributed by atoms with Crippen LogP contribution in [0.5, 0.6) is 0 Å². The fourth-order valence-corrected chi connectivity index (χ4v) is 4.40. The van der Waals surface area contributed by atoms with E-state index >= 15 is 0 Å². The Morgan fingerprint density at radius 1 is 1.40 bits per heavy atom. The van der Waals surface area contributed by atoms with Crippen molar-refractivity contribution in [2.24, 2.45) is 11.7 Å². The van der Waals surface area contributed by atoms with Crippen LogP contribution in [0.2, 0.25) is 0 Å². The van der Waals surface area contributed by atoms with E-state index in [-0.39, 0.29) is 17.1 Å². The van der Waals surface area contributed by atoms with Gasteiger partial charge in [0.25, 0.3) is 0 Å².